The van der Waals surface area contributed by atoms with Crippen LogP contribution in [0.1, 0.15) is 18.4 Å². The topological polar surface area (TPSA) is 41.6 Å². The minimum atomic E-state index is -0.208. The van der Waals surface area contributed by atoms with Gasteiger partial charge in [-0.15, -0.1) is 0 Å². The number of halogens is 1. The third kappa shape index (κ3) is 2.91. The number of benzene rings is 1. The first kappa shape index (κ1) is 13.7. The van der Waals surface area contributed by atoms with E-state index in [1.807, 2.05) is 29.2 Å². The number of carbonyl (C=O) groups excluding carboxylic acids is 1. The van der Waals surface area contributed by atoms with Gasteiger partial charge in [0.2, 0.25) is 0 Å². The maximum Gasteiger partial charge on any atom is 0.410 e. The standard InChI is InChI=1S/C15H19ClN2O2/c16-13-5-1-3-11(7-13)9-18-14(10-20-15(18)19)12-4-2-6-17-8-12/h1,3,5,7,12,14,17H,2,4,6,8-10H2. The summed E-state index contributed by atoms with van der Waals surface area (Å²) < 4.78 is 5.26. The van der Waals surface area contributed by atoms with E-state index < -0.39 is 0 Å². The first-order valence-corrected chi connectivity index (χ1v) is 7.50. The molecule has 0 aliphatic carbocycles. The summed E-state index contributed by atoms with van der Waals surface area (Å²) in [6.45, 7) is 3.12. The SMILES string of the molecule is O=C1OCC(C2CCCNC2)N1Cc1cccc(Cl)c1. The van der Waals surface area contributed by atoms with Crippen molar-refractivity contribution in [2.75, 3.05) is 19.7 Å². The lowest BCUT2D eigenvalue weighted by Crippen LogP contribution is -2.45. The molecule has 108 valence electrons. The van der Waals surface area contributed by atoms with Crippen molar-refractivity contribution in [2.45, 2.75) is 25.4 Å². The van der Waals surface area contributed by atoms with Gasteiger partial charge in [-0.2, -0.15) is 0 Å². The van der Waals surface area contributed by atoms with Crippen LogP contribution in [0.2, 0.25) is 5.02 Å². The molecule has 0 bridgehead atoms. The molecule has 3 rings (SSSR count). The van der Waals surface area contributed by atoms with Crippen LogP contribution < -0.4 is 5.32 Å². The van der Waals surface area contributed by atoms with E-state index in [-0.39, 0.29) is 12.1 Å². The Morgan fingerprint density at radius 3 is 3.10 bits per heavy atom. The monoisotopic (exact) mass is 294 g/mol. The number of rotatable bonds is 3. The smallest absolute Gasteiger partial charge is 0.410 e. The van der Waals surface area contributed by atoms with Crippen LogP contribution in [-0.2, 0) is 11.3 Å². The molecule has 1 amide bonds. The summed E-state index contributed by atoms with van der Waals surface area (Å²) in [7, 11) is 0. The highest BCUT2D eigenvalue weighted by Gasteiger charge is 2.38. The number of hydrogen-bond donors (Lipinski definition) is 1. The second kappa shape index (κ2) is 6.02. The number of hydrogen-bond acceptors (Lipinski definition) is 3. The summed E-state index contributed by atoms with van der Waals surface area (Å²) in [6, 6.07) is 7.83. The molecular formula is C15H19ClN2O2. The number of amides is 1. The maximum atomic E-state index is 12.0. The zero-order chi connectivity index (χ0) is 13.9. The lowest BCUT2D eigenvalue weighted by molar-refractivity contribution is 0.152. The quantitative estimate of drug-likeness (QED) is 0.932. The molecule has 0 spiro atoms. The summed E-state index contributed by atoms with van der Waals surface area (Å²) in [6.07, 6.45) is 2.11. The molecule has 1 aromatic carbocycles. The van der Waals surface area contributed by atoms with Gasteiger partial charge in [0, 0.05) is 18.1 Å². The number of nitrogens with one attached hydrogen (secondary N) is 1. The Hall–Kier alpha value is -1.26. The third-order valence-electron chi connectivity index (χ3n) is 4.13. The van der Waals surface area contributed by atoms with Crippen LogP contribution in [0.4, 0.5) is 4.79 Å². The molecule has 0 saturated carbocycles. The van der Waals surface area contributed by atoms with Gasteiger partial charge >= 0.3 is 6.09 Å². The molecule has 0 radical (unpaired) electrons. The number of nitrogens with zero attached hydrogens (tertiary/aromatic N) is 1. The number of piperidine rings is 1. The predicted octanol–water partition coefficient (Wildman–Crippen LogP) is 2.66. The molecule has 1 N–H and O–H groups in total. The van der Waals surface area contributed by atoms with E-state index in [1.165, 1.54) is 6.42 Å². The van der Waals surface area contributed by atoms with Gasteiger partial charge in [-0.3, -0.25) is 4.90 Å². The normalized spacial score (nSPS) is 26.6. The van der Waals surface area contributed by atoms with E-state index in [0.29, 0.717) is 24.1 Å². The van der Waals surface area contributed by atoms with Crippen molar-refractivity contribution in [2.24, 2.45) is 5.92 Å². The van der Waals surface area contributed by atoms with Crippen molar-refractivity contribution in [3.8, 4) is 0 Å². The minimum Gasteiger partial charge on any atom is -0.447 e. The van der Waals surface area contributed by atoms with Crippen LogP contribution in [-0.4, -0.2) is 36.7 Å². The Labute approximate surface area is 124 Å². The van der Waals surface area contributed by atoms with Crippen molar-refractivity contribution in [3.05, 3.63) is 34.9 Å². The summed E-state index contributed by atoms with van der Waals surface area (Å²) in [5.41, 5.74) is 1.05. The van der Waals surface area contributed by atoms with Crippen LogP contribution in [0.5, 0.6) is 0 Å². The molecular weight excluding hydrogens is 276 g/mol. The first-order chi connectivity index (χ1) is 9.74. The zero-order valence-electron chi connectivity index (χ0n) is 11.3. The van der Waals surface area contributed by atoms with E-state index in [0.717, 1.165) is 25.1 Å². The molecule has 2 fully saturated rings. The summed E-state index contributed by atoms with van der Waals surface area (Å²) in [5, 5.41) is 4.11. The minimum absolute atomic E-state index is 0.175. The molecule has 2 saturated heterocycles. The van der Waals surface area contributed by atoms with Gasteiger partial charge in [0.15, 0.2) is 0 Å². The van der Waals surface area contributed by atoms with Crippen LogP contribution in [0.3, 0.4) is 0 Å². The van der Waals surface area contributed by atoms with Crippen molar-refractivity contribution in [1.82, 2.24) is 10.2 Å². The molecule has 2 aliphatic rings. The average molecular weight is 295 g/mol. The Morgan fingerprint density at radius 1 is 1.45 bits per heavy atom. The fourth-order valence-electron chi connectivity index (χ4n) is 3.08. The van der Waals surface area contributed by atoms with Gasteiger partial charge in [0.1, 0.15) is 6.61 Å². The average Bonchev–Trinajstić information content (AvgIpc) is 2.81. The highest BCUT2D eigenvalue weighted by molar-refractivity contribution is 6.30. The van der Waals surface area contributed by atoms with E-state index in [4.69, 9.17) is 16.3 Å². The number of ether oxygens (including phenoxy) is 1. The third-order valence-corrected chi connectivity index (χ3v) is 4.37. The summed E-state index contributed by atoms with van der Waals surface area (Å²) in [4.78, 5) is 13.8. The molecule has 2 aliphatic heterocycles. The van der Waals surface area contributed by atoms with Crippen LogP contribution in [0.25, 0.3) is 0 Å². The van der Waals surface area contributed by atoms with Gasteiger partial charge < -0.3 is 10.1 Å². The summed E-state index contributed by atoms with van der Waals surface area (Å²) in [5.74, 6) is 0.481. The molecule has 2 unspecified atom stereocenters. The summed E-state index contributed by atoms with van der Waals surface area (Å²) >= 11 is 6.01. The van der Waals surface area contributed by atoms with E-state index in [1.54, 1.807) is 0 Å². The highest BCUT2D eigenvalue weighted by Crippen LogP contribution is 2.26. The van der Waals surface area contributed by atoms with E-state index in [2.05, 4.69) is 5.32 Å². The Kier molecular flexibility index (Phi) is 4.13. The second-order valence-electron chi connectivity index (χ2n) is 5.51. The highest BCUT2D eigenvalue weighted by atomic mass is 35.5. The number of carbonyl (C=O) groups is 1. The van der Waals surface area contributed by atoms with Crippen LogP contribution in [0, 0.1) is 5.92 Å². The Morgan fingerprint density at radius 2 is 2.35 bits per heavy atom. The molecule has 1 aromatic rings. The van der Waals surface area contributed by atoms with Crippen LogP contribution >= 0.6 is 11.6 Å². The van der Waals surface area contributed by atoms with Gasteiger partial charge in [0.05, 0.1) is 6.04 Å². The first-order valence-electron chi connectivity index (χ1n) is 7.12. The van der Waals surface area contributed by atoms with Crippen molar-refractivity contribution in [3.63, 3.8) is 0 Å². The molecule has 2 heterocycles. The van der Waals surface area contributed by atoms with Crippen LogP contribution in [0.15, 0.2) is 24.3 Å². The van der Waals surface area contributed by atoms with Crippen molar-refractivity contribution in [1.29, 1.82) is 0 Å². The molecule has 20 heavy (non-hydrogen) atoms. The van der Waals surface area contributed by atoms with Crippen molar-refractivity contribution < 1.29 is 9.53 Å². The van der Waals surface area contributed by atoms with Gasteiger partial charge in [-0.25, -0.2) is 4.79 Å². The van der Waals surface area contributed by atoms with Crippen molar-refractivity contribution >= 4 is 17.7 Å². The largest absolute Gasteiger partial charge is 0.447 e. The fourth-order valence-corrected chi connectivity index (χ4v) is 3.29. The van der Waals surface area contributed by atoms with E-state index >= 15 is 0 Å². The van der Waals surface area contributed by atoms with Gasteiger partial charge in [-0.1, -0.05) is 23.7 Å². The molecule has 2 atom stereocenters. The lowest BCUT2D eigenvalue weighted by Gasteiger charge is -2.32. The zero-order valence-corrected chi connectivity index (χ0v) is 12.1. The van der Waals surface area contributed by atoms with E-state index in [9.17, 15) is 4.79 Å². The molecule has 5 heteroatoms. The predicted molar refractivity (Wildman–Crippen MR) is 77.7 cm³/mol. The second-order valence-corrected chi connectivity index (χ2v) is 5.94. The maximum absolute atomic E-state index is 12.0. The number of cyclic esters (lactones) is 1. The lowest BCUT2D eigenvalue weighted by atomic mass is 9.91. The fraction of sp³-hybridized carbons (Fsp3) is 0.533. The van der Waals surface area contributed by atoms with Gasteiger partial charge in [-0.05, 0) is 43.0 Å². The Bertz CT molecular complexity index is 489. The Balaban J connectivity index is 1.73. The molecule has 0 aromatic heterocycles. The molecule has 4 nitrogen and oxygen atoms in total. The van der Waals surface area contributed by atoms with Gasteiger partial charge in [0.25, 0.3) is 0 Å².